The van der Waals surface area contributed by atoms with Gasteiger partial charge in [0.2, 0.25) is 6.08 Å². The summed E-state index contributed by atoms with van der Waals surface area (Å²) in [7, 11) is 0. The molecule has 23 heavy (non-hydrogen) atoms. The van der Waals surface area contributed by atoms with Crippen LogP contribution in [0.2, 0.25) is 0 Å². The van der Waals surface area contributed by atoms with Gasteiger partial charge in [-0.2, -0.15) is 4.99 Å². The van der Waals surface area contributed by atoms with Gasteiger partial charge < -0.3 is 0 Å². The molecule has 1 aliphatic rings. The van der Waals surface area contributed by atoms with Crippen LogP contribution >= 0.6 is 0 Å². The van der Waals surface area contributed by atoms with Gasteiger partial charge in [-0.1, -0.05) is 42.5 Å². The maximum atomic E-state index is 10.2. The fourth-order valence-electron chi connectivity index (χ4n) is 2.93. The van der Waals surface area contributed by atoms with Gasteiger partial charge in [-0.05, 0) is 23.3 Å². The smallest absolute Gasteiger partial charge is 0.240 e. The fourth-order valence-corrected chi connectivity index (χ4v) is 2.93. The van der Waals surface area contributed by atoms with Crippen LogP contribution in [0.3, 0.4) is 0 Å². The predicted octanol–water partition coefficient (Wildman–Crippen LogP) is 2.97. The highest BCUT2D eigenvalue weighted by Gasteiger charge is 2.16. The molecular formula is C19H21N3O. The Labute approximate surface area is 137 Å². The third-order valence-electron chi connectivity index (χ3n) is 4.23. The van der Waals surface area contributed by atoms with Crippen LogP contribution in [-0.4, -0.2) is 42.1 Å². The molecule has 0 bridgehead atoms. The quantitative estimate of drug-likeness (QED) is 0.629. The molecule has 0 unspecified atom stereocenters. The summed E-state index contributed by atoms with van der Waals surface area (Å²) in [5.74, 6) is 0. The van der Waals surface area contributed by atoms with Crippen molar-refractivity contribution in [3.8, 4) is 0 Å². The Hall–Kier alpha value is -2.26. The number of rotatable bonds is 5. The lowest BCUT2D eigenvalue weighted by Crippen LogP contribution is -2.45. The molecule has 0 radical (unpaired) electrons. The maximum Gasteiger partial charge on any atom is 0.240 e. The van der Waals surface area contributed by atoms with E-state index in [9.17, 15) is 4.79 Å². The minimum Gasteiger partial charge on any atom is -0.297 e. The van der Waals surface area contributed by atoms with E-state index < -0.39 is 0 Å². The van der Waals surface area contributed by atoms with Crippen molar-refractivity contribution >= 4 is 11.8 Å². The molecule has 0 aliphatic carbocycles. The fraction of sp³-hybridized carbons (Fsp3) is 0.316. The summed E-state index contributed by atoms with van der Waals surface area (Å²) in [4.78, 5) is 18.8. The van der Waals surface area contributed by atoms with Gasteiger partial charge in [0.1, 0.15) is 0 Å². The SMILES string of the molecule is O=C=Nc1ccc(CN2CCN(Cc3ccccc3)CC2)cc1. The van der Waals surface area contributed by atoms with Gasteiger partial charge in [0, 0.05) is 39.3 Å². The van der Waals surface area contributed by atoms with Gasteiger partial charge in [0.15, 0.2) is 0 Å². The molecule has 0 spiro atoms. The normalized spacial score (nSPS) is 16.0. The molecule has 118 valence electrons. The molecular weight excluding hydrogens is 286 g/mol. The molecule has 0 saturated carbocycles. The summed E-state index contributed by atoms with van der Waals surface area (Å²) in [6.07, 6.45) is 1.57. The molecule has 1 heterocycles. The molecule has 4 nitrogen and oxygen atoms in total. The van der Waals surface area contributed by atoms with Gasteiger partial charge in [-0.25, -0.2) is 4.79 Å². The van der Waals surface area contributed by atoms with E-state index in [1.54, 1.807) is 6.08 Å². The molecule has 1 saturated heterocycles. The largest absolute Gasteiger partial charge is 0.297 e. The number of carbonyl (C=O) groups excluding carboxylic acids is 1. The van der Waals surface area contributed by atoms with Crippen LogP contribution in [0.1, 0.15) is 11.1 Å². The molecule has 0 amide bonds. The third-order valence-corrected chi connectivity index (χ3v) is 4.23. The highest BCUT2D eigenvalue weighted by molar-refractivity contribution is 5.49. The zero-order valence-electron chi connectivity index (χ0n) is 13.2. The Kier molecular flexibility index (Phi) is 5.33. The van der Waals surface area contributed by atoms with Crippen LogP contribution in [0, 0.1) is 0 Å². The number of piperazine rings is 1. The average Bonchev–Trinajstić information content (AvgIpc) is 2.60. The van der Waals surface area contributed by atoms with Crippen LogP contribution in [-0.2, 0) is 17.9 Å². The lowest BCUT2D eigenvalue weighted by molar-refractivity contribution is 0.122. The molecule has 2 aromatic carbocycles. The molecule has 0 N–H and O–H groups in total. The zero-order chi connectivity index (χ0) is 15.9. The van der Waals surface area contributed by atoms with E-state index in [1.807, 2.05) is 24.3 Å². The van der Waals surface area contributed by atoms with Crippen molar-refractivity contribution in [1.29, 1.82) is 0 Å². The summed E-state index contributed by atoms with van der Waals surface area (Å²) in [6, 6.07) is 18.4. The molecule has 0 atom stereocenters. The number of benzene rings is 2. The lowest BCUT2D eigenvalue weighted by atomic mass is 10.1. The summed E-state index contributed by atoms with van der Waals surface area (Å²) < 4.78 is 0. The Balaban J connectivity index is 1.48. The van der Waals surface area contributed by atoms with Crippen molar-refractivity contribution in [1.82, 2.24) is 9.80 Å². The summed E-state index contributed by atoms with van der Waals surface area (Å²) in [5, 5.41) is 0. The van der Waals surface area contributed by atoms with Crippen LogP contribution in [0.4, 0.5) is 5.69 Å². The van der Waals surface area contributed by atoms with Crippen molar-refractivity contribution in [3.05, 3.63) is 65.7 Å². The minimum atomic E-state index is 0.663. The van der Waals surface area contributed by atoms with Crippen LogP contribution in [0.5, 0.6) is 0 Å². The van der Waals surface area contributed by atoms with Gasteiger partial charge >= 0.3 is 0 Å². The number of isocyanates is 1. The first kappa shape index (κ1) is 15.6. The van der Waals surface area contributed by atoms with E-state index >= 15 is 0 Å². The summed E-state index contributed by atoms with van der Waals surface area (Å²) >= 11 is 0. The van der Waals surface area contributed by atoms with Crippen molar-refractivity contribution in [2.45, 2.75) is 13.1 Å². The van der Waals surface area contributed by atoms with Crippen molar-refractivity contribution in [2.75, 3.05) is 26.2 Å². The number of aliphatic imine (C=N–C) groups is 1. The standard InChI is InChI=1S/C19H21N3O/c23-16-20-19-8-6-18(7-9-19)15-22-12-10-21(11-13-22)14-17-4-2-1-3-5-17/h1-9H,10-15H2. The molecule has 0 aromatic heterocycles. The first-order valence-corrected chi connectivity index (χ1v) is 7.99. The minimum absolute atomic E-state index is 0.663. The highest BCUT2D eigenvalue weighted by Crippen LogP contribution is 2.15. The molecule has 3 rings (SSSR count). The van der Waals surface area contributed by atoms with Gasteiger partial charge in [-0.3, -0.25) is 9.80 Å². The second-order valence-corrected chi connectivity index (χ2v) is 5.91. The molecule has 2 aromatic rings. The number of nitrogens with zero attached hydrogens (tertiary/aromatic N) is 3. The molecule has 1 fully saturated rings. The van der Waals surface area contributed by atoms with Crippen molar-refractivity contribution in [2.24, 2.45) is 4.99 Å². The molecule has 1 aliphatic heterocycles. The van der Waals surface area contributed by atoms with Gasteiger partial charge in [0.25, 0.3) is 0 Å². The van der Waals surface area contributed by atoms with Gasteiger partial charge in [-0.15, -0.1) is 0 Å². The second-order valence-electron chi connectivity index (χ2n) is 5.91. The Morgan fingerprint density at radius 2 is 1.30 bits per heavy atom. The Morgan fingerprint density at radius 1 is 0.783 bits per heavy atom. The van der Waals surface area contributed by atoms with Crippen LogP contribution in [0.15, 0.2) is 59.6 Å². The Morgan fingerprint density at radius 3 is 1.83 bits per heavy atom. The van der Waals surface area contributed by atoms with Crippen molar-refractivity contribution in [3.63, 3.8) is 0 Å². The van der Waals surface area contributed by atoms with Crippen LogP contribution in [0.25, 0.3) is 0 Å². The topological polar surface area (TPSA) is 35.9 Å². The monoisotopic (exact) mass is 307 g/mol. The summed E-state index contributed by atoms with van der Waals surface area (Å²) in [6.45, 7) is 6.35. The predicted molar refractivity (Wildman–Crippen MR) is 91.2 cm³/mol. The van der Waals surface area contributed by atoms with E-state index in [2.05, 4.69) is 45.1 Å². The Bertz CT molecular complexity index is 655. The van der Waals surface area contributed by atoms with E-state index in [0.29, 0.717) is 5.69 Å². The molecule has 4 heteroatoms. The van der Waals surface area contributed by atoms with E-state index in [4.69, 9.17) is 0 Å². The van der Waals surface area contributed by atoms with E-state index in [1.165, 1.54) is 11.1 Å². The second kappa shape index (κ2) is 7.84. The lowest BCUT2D eigenvalue weighted by Gasteiger charge is -2.34. The van der Waals surface area contributed by atoms with E-state index in [0.717, 1.165) is 39.3 Å². The number of hydrogen-bond donors (Lipinski definition) is 0. The van der Waals surface area contributed by atoms with Crippen LogP contribution < -0.4 is 0 Å². The summed E-state index contributed by atoms with van der Waals surface area (Å²) in [5.41, 5.74) is 3.30. The highest BCUT2D eigenvalue weighted by atomic mass is 16.1. The van der Waals surface area contributed by atoms with Gasteiger partial charge in [0.05, 0.1) is 5.69 Å². The average molecular weight is 307 g/mol. The number of hydrogen-bond acceptors (Lipinski definition) is 4. The van der Waals surface area contributed by atoms with E-state index in [-0.39, 0.29) is 0 Å². The zero-order valence-corrected chi connectivity index (χ0v) is 13.2. The maximum absolute atomic E-state index is 10.2. The first-order chi connectivity index (χ1) is 11.3. The third kappa shape index (κ3) is 4.60. The van der Waals surface area contributed by atoms with Crippen molar-refractivity contribution < 1.29 is 4.79 Å². The first-order valence-electron chi connectivity index (χ1n) is 7.99.